The SMILES string of the molecule is C=CCN(CP(=O)(O)O)C(C)O. The highest BCUT2D eigenvalue weighted by Crippen LogP contribution is 2.35. The summed E-state index contributed by atoms with van der Waals surface area (Å²) in [6.07, 6.45) is 0.148. The summed E-state index contributed by atoms with van der Waals surface area (Å²) in [5.74, 6) is 0. The Morgan fingerprint density at radius 1 is 1.67 bits per heavy atom. The fourth-order valence-electron chi connectivity index (χ4n) is 0.731. The van der Waals surface area contributed by atoms with Crippen molar-refractivity contribution in [2.75, 3.05) is 12.8 Å². The van der Waals surface area contributed by atoms with Crippen LogP contribution in [0.25, 0.3) is 0 Å². The Balaban J connectivity index is 4.13. The summed E-state index contributed by atoms with van der Waals surface area (Å²) >= 11 is 0. The third-order valence-electron chi connectivity index (χ3n) is 1.26. The summed E-state index contributed by atoms with van der Waals surface area (Å²) in [4.78, 5) is 18.4. The maximum Gasteiger partial charge on any atom is 0.339 e. The standard InChI is InChI=1S/C6H14NO4P/c1-3-4-7(6(2)8)5-12(9,10)11/h3,6,8H,1,4-5H2,2H3,(H2,9,10,11). The van der Waals surface area contributed by atoms with Gasteiger partial charge in [-0.3, -0.25) is 9.46 Å². The Kier molecular flexibility index (Phi) is 4.67. The highest BCUT2D eigenvalue weighted by Gasteiger charge is 2.20. The Hall–Kier alpha value is -0.190. The minimum atomic E-state index is -4.09. The molecule has 0 aromatic carbocycles. The monoisotopic (exact) mass is 195 g/mol. The fraction of sp³-hybridized carbons (Fsp3) is 0.667. The van der Waals surface area contributed by atoms with Gasteiger partial charge in [-0.2, -0.15) is 0 Å². The lowest BCUT2D eigenvalue weighted by atomic mass is 10.5. The summed E-state index contributed by atoms with van der Waals surface area (Å²) in [6, 6.07) is 0. The number of aliphatic hydroxyl groups excluding tert-OH is 1. The molecular weight excluding hydrogens is 181 g/mol. The van der Waals surface area contributed by atoms with Crippen molar-refractivity contribution in [1.82, 2.24) is 4.90 Å². The molecule has 0 aliphatic carbocycles. The first-order chi connectivity index (χ1) is 5.37. The van der Waals surface area contributed by atoms with Crippen LogP contribution in [-0.4, -0.2) is 38.9 Å². The lowest BCUT2D eigenvalue weighted by Crippen LogP contribution is -2.33. The second kappa shape index (κ2) is 4.74. The second-order valence-electron chi connectivity index (χ2n) is 2.50. The summed E-state index contributed by atoms with van der Waals surface area (Å²) in [7, 11) is -4.09. The lowest BCUT2D eigenvalue weighted by Gasteiger charge is -2.23. The minimum Gasteiger partial charge on any atom is -0.379 e. The lowest BCUT2D eigenvalue weighted by molar-refractivity contribution is 0.0366. The van der Waals surface area contributed by atoms with Crippen LogP contribution in [0.5, 0.6) is 0 Å². The van der Waals surface area contributed by atoms with Crippen molar-refractivity contribution in [3.05, 3.63) is 12.7 Å². The third kappa shape index (κ3) is 5.46. The van der Waals surface area contributed by atoms with E-state index < -0.39 is 20.1 Å². The first-order valence-electron chi connectivity index (χ1n) is 3.44. The highest BCUT2D eigenvalue weighted by atomic mass is 31.2. The molecule has 0 aliphatic rings. The van der Waals surface area contributed by atoms with Gasteiger partial charge in [-0.1, -0.05) is 6.08 Å². The van der Waals surface area contributed by atoms with E-state index in [-0.39, 0.29) is 6.54 Å². The minimum absolute atomic E-state index is 0.253. The van der Waals surface area contributed by atoms with Gasteiger partial charge in [-0.05, 0) is 6.92 Å². The molecule has 0 amide bonds. The van der Waals surface area contributed by atoms with Gasteiger partial charge >= 0.3 is 7.60 Å². The zero-order valence-corrected chi connectivity index (χ0v) is 7.81. The van der Waals surface area contributed by atoms with E-state index in [1.54, 1.807) is 0 Å². The van der Waals surface area contributed by atoms with Crippen LogP contribution in [-0.2, 0) is 4.57 Å². The molecular formula is C6H14NO4P. The normalized spacial score (nSPS) is 14.8. The third-order valence-corrected chi connectivity index (χ3v) is 1.99. The van der Waals surface area contributed by atoms with Crippen molar-refractivity contribution in [3.63, 3.8) is 0 Å². The van der Waals surface area contributed by atoms with Crippen molar-refractivity contribution in [3.8, 4) is 0 Å². The quantitative estimate of drug-likeness (QED) is 0.325. The predicted molar refractivity (Wildman–Crippen MR) is 45.5 cm³/mol. The molecule has 0 aliphatic heterocycles. The molecule has 1 atom stereocenters. The molecule has 72 valence electrons. The van der Waals surface area contributed by atoms with Crippen LogP contribution in [0.1, 0.15) is 6.92 Å². The fourth-order valence-corrected chi connectivity index (χ4v) is 1.56. The molecule has 0 aromatic heterocycles. The van der Waals surface area contributed by atoms with E-state index in [0.29, 0.717) is 0 Å². The van der Waals surface area contributed by atoms with Gasteiger partial charge in [0.15, 0.2) is 0 Å². The Bertz CT molecular complexity index is 188. The van der Waals surface area contributed by atoms with Crippen molar-refractivity contribution in [2.45, 2.75) is 13.2 Å². The van der Waals surface area contributed by atoms with Gasteiger partial charge in [-0.15, -0.1) is 6.58 Å². The van der Waals surface area contributed by atoms with E-state index in [1.807, 2.05) is 0 Å². The first-order valence-corrected chi connectivity index (χ1v) is 5.24. The van der Waals surface area contributed by atoms with E-state index >= 15 is 0 Å². The number of nitrogens with zero attached hydrogens (tertiary/aromatic N) is 1. The molecule has 0 aromatic rings. The summed E-state index contributed by atoms with van der Waals surface area (Å²) in [5, 5.41) is 9.04. The van der Waals surface area contributed by atoms with E-state index in [1.165, 1.54) is 17.9 Å². The molecule has 0 spiro atoms. The molecule has 0 radical (unpaired) electrons. The molecule has 12 heavy (non-hydrogen) atoms. The van der Waals surface area contributed by atoms with E-state index in [9.17, 15) is 4.57 Å². The first kappa shape index (κ1) is 11.8. The average Bonchev–Trinajstić information content (AvgIpc) is 1.83. The highest BCUT2D eigenvalue weighted by molar-refractivity contribution is 7.51. The Labute approximate surface area is 71.5 Å². The molecule has 6 heteroatoms. The van der Waals surface area contributed by atoms with Gasteiger partial charge in [-0.25, -0.2) is 0 Å². The van der Waals surface area contributed by atoms with Crippen molar-refractivity contribution in [1.29, 1.82) is 0 Å². The summed E-state index contributed by atoms with van der Waals surface area (Å²) in [6.45, 7) is 5.10. The van der Waals surface area contributed by atoms with E-state index in [2.05, 4.69) is 6.58 Å². The Morgan fingerprint density at radius 2 is 2.17 bits per heavy atom. The molecule has 0 rings (SSSR count). The van der Waals surface area contributed by atoms with Gasteiger partial charge in [0.2, 0.25) is 0 Å². The maximum absolute atomic E-state index is 10.5. The maximum atomic E-state index is 10.5. The van der Waals surface area contributed by atoms with Crippen LogP contribution in [0.3, 0.4) is 0 Å². The predicted octanol–water partition coefficient (Wildman–Crippen LogP) is -0.0521. The molecule has 0 saturated heterocycles. The zero-order chi connectivity index (χ0) is 9.78. The molecule has 0 heterocycles. The molecule has 0 saturated carbocycles. The number of hydrogen-bond donors (Lipinski definition) is 3. The molecule has 0 fully saturated rings. The average molecular weight is 195 g/mol. The van der Waals surface area contributed by atoms with Crippen LogP contribution < -0.4 is 0 Å². The van der Waals surface area contributed by atoms with Crippen molar-refractivity contribution < 1.29 is 19.5 Å². The summed E-state index contributed by atoms with van der Waals surface area (Å²) < 4.78 is 10.5. The number of rotatable bonds is 5. The van der Waals surface area contributed by atoms with Gasteiger partial charge < -0.3 is 14.9 Å². The van der Waals surface area contributed by atoms with E-state index in [4.69, 9.17) is 14.9 Å². The van der Waals surface area contributed by atoms with Crippen molar-refractivity contribution in [2.24, 2.45) is 0 Å². The van der Waals surface area contributed by atoms with Crippen LogP contribution >= 0.6 is 7.60 Å². The smallest absolute Gasteiger partial charge is 0.339 e. The molecule has 1 unspecified atom stereocenters. The molecule has 3 N–H and O–H groups in total. The topological polar surface area (TPSA) is 81.0 Å². The van der Waals surface area contributed by atoms with Gasteiger partial charge in [0.25, 0.3) is 0 Å². The number of hydrogen-bond acceptors (Lipinski definition) is 3. The Morgan fingerprint density at radius 3 is 2.42 bits per heavy atom. The van der Waals surface area contributed by atoms with Crippen LogP contribution in [0.15, 0.2) is 12.7 Å². The van der Waals surface area contributed by atoms with Crippen molar-refractivity contribution >= 4 is 7.60 Å². The van der Waals surface area contributed by atoms with Gasteiger partial charge in [0.1, 0.15) is 12.5 Å². The summed E-state index contributed by atoms with van der Waals surface area (Å²) in [5.41, 5.74) is 0. The number of aliphatic hydroxyl groups is 1. The van der Waals surface area contributed by atoms with Gasteiger partial charge in [0, 0.05) is 6.54 Å². The van der Waals surface area contributed by atoms with Crippen LogP contribution in [0, 0.1) is 0 Å². The molecule has 5 nitrogen and oxygen atoms in total. The van der Waals surface area contributed by atoms with Crippen LogP contribution in [0.2, 0.25) is 0 Å². The zero-order valence-electron chi connectivity index (χ0n) is 6.92. The van der Waals surface area contributed by atoms with E-state index in [0.717, 1.165) is 0 Å². The van der Waals surface area contributed by atoms with Gasteiger partial charge in [0.05, 0.1) is 0 Å². The van der Waals surface area contributed by atoms with Crippen LogP contribution in [0.4, 0.5) is 0 Å². The molecule has 0 bridgehead atoms. The second-order valence-corrected chi connectivity index (χ2v) is 4.11. The largest absolute Gasteiger partial charge is 0.379 e.